The molecule has 0 saturated carbocycles. The van der Waals surface area contributed by atoms with Crippen LogP contribution in [0.3, 0.4) is 0 Å². The molecule has 0 aromatic heterocycles. The zero-order valence-corrected chi connectivity index (χ0v) is 25.2. The Bertz CT molecular complexity index is 2050. The molecule has 1 aliphatic heterocycles. The maximum Gasteiger partial charge on any atom is 0.494 e. The van der Waals surface area contributed by atoms with E-state index in [0.717, 1.165) is 5.46 Å². The second kappa shape index (κ2) is 8.57. The first-order valence-electron chi connectivity index (χ1n) is 15.0. The molecule has 8 rings (SSSR count). The summed E-state index contributed by atoms with van der Waals surface area (Å²) in [6.07, 6.45) is 0. The Morgan fingerprint density at radius 1 is 0.452 bits per heavy atom. The van der Waals surface area contributed by atoms with Crippen LogP contribution >= 0.6 is 0 Å². The van der Waals surface area contributed by atoms with E-state index in [-0.39, 0.29) is 23.7 Å². The predicted octanol–water partition coefficient (Wildman–Crippen LogP) is 9.42. The summed E-state index contributed by atoms with van der Waals surface area (Å²) in [5, 5.41) is 7.94. The minimum absolute atomic E-state index is 0.107. The van der Waals surface area contributed by atoms with E-state index in [9.17, 15) is 0 Å². The molecule has 3 heteroatoms. The van der Waals surface area contributed by atoms with Gasteiger partial charge in [-0.15, -0.1) is 0 Å². The highest BCUT2D eigenvalue weighted by Gasteiger charge is 2.51. The molecule has 1 fully saturated rings. The van der Waals surface area contributed by atoms with E-state index in [1.807, 2.05) is 0 Å². The van der Waals surface area contributed by atoms with Gasteiger partial charge in [0.2, 0.25) is 0 Å². The van der Waals surface area contributed by atoms with Crippen LogP contribution in [0.15, 0.2) is 103 Å². The molecule has 0 N–H and O–H groups in total. The van der Waals surface area contributed by atoms with Gasteiger partial charge in [0, 0.05) is 5.41 Å². The highest BCUT2D eigenvalue weighted by Crippen LogP contribution is 2.52. The fourth-order valence-corrected chi connectivity index (χ4v) is 7.12. The standard InChI is InChI=1S/C39H35BO2/c1-37(2)35-21-25(24-15-18-26(19-16-24)40-41-38(3,4)39(5,6)42-40)17-20-31(35)34-22-32-29-13-9-7-11-27(29)28-12-8-10-14-30(28)33(32)23-36(34)37/h7-23H,1-6H3. The van der Waals surface area contributed by atoms with Gasteiger partial charge in [0.1, 0.15) is 0 Å². The van der Waals surface area contributed by atoms with Crippen molar-refractivity contribution in [2.75, 3.05) is 0 Å². The van der Waals surface area contributed by atoms with Crippen molar-refractivity contribution in [3.8, 4) is 22.3 Å². The monoisotopic (exact) mass is 546 g/mol. The van der Waals surface area contributed by atoms with Crippen molar-refractivity contribution in [2.45, 2.75) is 58.2 Å². The van der Waals surface area contributed by atoms with E-state index in [1.54, 1.807) is 0 Å². The minimum Gasteiger partial charge on any atom is -0.399 e. The lowest BCUT2D eigenvalue weighted by Gasteiger charge is -2.32. The summed E-state index contributed by atoms with van der Waals surface area (Å²) in [5.74, 6) is 0. The fraction of sp³-hybridized carbons (Fsp3) is 0.231. The van der Waals surface area contributed by atoms with Crippen LogP contribution in [-0.2, 0) is 14.7 Å². The van der Waals surface area contributed by atoms with Crippen molar-refractivity contribution in [3.63, 3.8) is 0 Å². The number of benzene rings is 6. The maximum atomic E-state index is 6.28. The summed E-state index contributed by atoms with van der Waals surface area (Å²) in [5.41, 5.74) is 8.16. The Morgan fingerprint density at radius 2 is 0.929 bits per heavy atom. The van der Waals surface area contributed by atoms with E-state index < -0.39 is 0 Å². The van der Waals surface area contributed by atoms with E-state index in [2.05, 4.69) is 145 Å². The lowest BCUT2D eigenvalue weighted by molar-refractivity contribution is 0.00578. The second-order valence-electron chi connectivity index (χ2n) is 13.6. The quantitative estimate of drug-likeness (QED) is 0.159. The van der Waals surface area contributed by atoms with Gasteiger partial charge in [-0.25, -0.2) is 0 Å². The van der Waals surface area contributed by atoms with E-state index in [0.29, 0.717) is 0 Å². The summed E-state index contributed by atoms with van der Waals surface area (Å²) in [6, 6.07) is 38.3. The summed E-state index contributed by atoms with van der Waals surface area (Å²) < 4.78 is 12.6. The normalized spacial score (nSPS) is 18.1. The summed E-state index contributed by atoms with van der Waals surface area (Å²) in [4.78, 5) is 0. The molecular formula is C39H35BO2. The first kappa shape index (κ1) is 25.8. The lowest BCUT2D eigenvalue weighted by atomic mass is 9.78. The highest BCUT2D eigenvalue weighted by molar-refractivity contribution is 6.62. The molecule has 1 heterocycles. The highest BCUT2D eigenvalue weighted by atomic mass is 16.7. The molecule has 206 valence electrons. The van der Waals surface area contributed by atoms with Gasteiger partial charge in [0.15, 0.2) is 0 Å². The Labute approximate surface area is 248 Å². The van der Waals surface area contributed by atoms with Gasteiger partial charge in [-0.05, 0) is 117 Å². The van der Waals surface area contributed by atoms with E-state index in [4.69, 9.17) is 9.31 Å². The van der Waals surface area contributed by atoms with Crippen LogP contribution in [-0.4, -0.2) is 18.3 Å². The predicted molar refractivity (Wildman–Crippen MR) is 178 cm³/mol. The van der Waals surface area contributed by atoms with Gasteiger partial charge in [-0.2, -0.15) is 0 Å². The second-order valence-corrected chi connectivity index (χ2v) is 13.6. The average Bonchev–Trinajstić information content (AvgIpc) is 3.35. The molecule has 42 heavy (non-hydrogen) atoms. The molecule has 0 atom stereocenters. The van der Waals surface area contributed by atoms with E-state index in [1.165, 1.54) is 65.7 Å². The van der Waals surface area contributed by atoms with Gasteiger partial charge in [0.25, 0.3) is 0 Å². The third kappa shape index (κ3) is 3.54. The van der Waals surface area contributed by atoms with Crippen molar-refractivity contribution >= 4 is 44.9 Å². The Morgan fingerprint density at radius 3 is 1.50 bits per heavy atom. The Balaban J connectivity index is 1.23. The van der Waals surface area contributed by atoms with Crippen molar-refractivity contribution < 1.29 is 9.31 Å². The summed E-state index contributed by atoms with van der Waals surface area (Å²) in [6.45, 7) is 13.1. The van der Waals surface area contributed by atoms with Gasteiger partial charge in [-0.3, -0.25) is 0 Å². The molecule has 1 aliphatic carbocycles. The van der Waals surface area contributed by atoms with Gasteiger partial charge in [0.05, 0.1) is 11.2 Å². The molecule has 6 aromatic rings. The van der Waals surface area contributed by atoms with Crippen molar-refractivity contribution in [3.05, 3.63) is 114 Å². The zero-order valence-electron chi connectivity index (χ0n) is 25.2. The molecule has 0 unspecified atom stereocenters. The summed E-state index contributed by atoms with van der Waals surface area (Å²) in [7, 11) is -0.348. The molecule has 1 saturated heterocycles. The van der Waals surface area contributed by atoms with Crippen LogP contribution in [0.1, 0.15) is 52.7 Å². The zero-order chi connectivity index (χ0) is 29.0. The van der Waals surface area contributed by atoms with Gasteiger partial charge >= 0.3 is 7.12 Å². The fourth-order valence-electron chi connectivity index (χ4n) is 7.12. The third-order valence-corrected chi connectivity index (χ3v) is 10.3. The number of rotatable bonds is 2. The Hall–Kier alpha value is -3.92. The van der Waals surface area contributed by atoms with Crippen LogP contribution in [0.25, 0.3) is 54.6 Å². The molecule has 0 spiro atoms. The lowest BCUT2D eigenvalue weighted by Crippen LogP contribution is -2.41. The smallest absolute Gasteiger partial charge is 0.399 e. The van der Waals surface area contributed by atoms with E-state index >= 15 is 0 Å². The SMILES string of the molecule is CC1(C)c2cc(-c3ccc(B4OC(C)(C)C(C)(C)O4)cc3)ccc2-c2cc3c4ccccc4c4ccccc4c3cc21. The maximum absolute atomic E-state index is 6.28. The molecule has 0 radical (unpaired) electrons. The van der Waals surface area contributed by atoms with Crippen LogP contribution in [0.4, 0.5) is 0 Å². The first-order chi connectivity index (χ1) is 20.0. The first-order valence-corrected chi connectivity index (χ1v) is 15.0. The van der Waals surface area contributed by atoms with Crippen molar-refractivity contribution in [1.29, 1.82) is 0 Å². The van der Waals surface area contributed by atoms with Crippen LogP contribution in [0.2, 0.25) is 0 Å². The molecule has 2 nitrogen and oxygen atoms in total. The third-order valence-electron chi connectivity index (χ3n) is 10.3. The van der Waals surface area contributed by atoms with Gasteiger partial charge < -0.3 is 9.31 Å². The number of hydrogen-bond donors (Lipinski definition) is 0. The van der Waals surface area contributed by atoms with Crippen LogP contribution in [0.5, 0.6) is 0 Å². The molecular weight excluding hydrogens is 511 g/mol. The molecule has 0 bridgehead atoms. The number of fused-ring (bicyclic) bond motifs is 9. The number of hydrogen-bond acceptors (Lipinski definition) is 2. The molecule has 6 aromatic carbocycles. The Kier molecular flexibility index (Phi) is 5.26. The molecule has 2 aliphatic rings. The summed E-state index contributed by atoms with van der Waals surface area (Å²) >= 11 is 0. The van der Waals surface area contributed by atoms with Crippen LogP contribution < -0.4 is 5.46 Å². The minimum atomic E-state index is -0.348. The van der Waals surface area contributed by atoms with Gasteiger partial charge in [-0.1, -0.05) is 98.8 Å². The van der Waals surface area contributed by atoms with Crippen molar-refractivity contribution in [1.82, 2.24) is 0 Å². The van der Waals surface area contributed by atoms with Crippen molar-refractivity contribution in [2.24, 2.45) is 0 Å². The largest absolute Gasteiger partial charge is 0.494 e. The molecule has 0 amide bonds. The topological polar surface area (TPSA) is 18.5 Å². The van der Waals surface area contributed by atoms with Crippen LogP contribution in [0, 0.1) is 0 Å². The average molecular weight is 547 g/mol.